The Morgan fingerprint density at radius 2 is 1.89 bits per heavy atom. The summed E-state index contributed by atoms with van der Waals surface area (Å²) in [6, 6.07) is 11.4. The quantitative estimate of drug-likeness (QED) is 0.412. The number of allylic oxidation sites excluding steroid dienone is 1. The van der Waals surface area contributed by atoms with Crippen LogP contribution >= 0.6 is 11.3 Å². The van der Waals surface area contributed by atoms with Crippen LogP contribution in [-0.4, -0.2) is 0 Å². The van der Waals surface area contributed by atoms with E-state index in [1.807, 2.05) is 17.4 Å². The van der Waals surface area contributed by atoms with E-state index in [2.05, 4.69) is 94.4 Å². The van der Waals surface area contributed by atoms with Gasteiger partial charge in [-0.05, 0) is 37.5 Å². The van der Waals surface area contributed by atoms with Crippen LogP contribution < -0.4 is 4.57 Å². The number of pyridine rings is 1. The van der Waals surface area contributed by atoms with E-state index in [4.69, 9.17) is 0 Å². The van der Waals surface area contributed by atoms with Crippen LogP contribution in [0.25, 0.3) is 33.5 Å². The van der Waals surface area contributed by atoms with Gasteiger partial charge in [0.25, 0.3) is 0 Å². The summed E-state index contributed by atoms with van der Waals surface area (Å²) in [6.45, 7) is 15.7. The molecule has 144 valence electrons. The first-order valence-electron chi connectivity index (χ1n) is 10.3. The first kappa shape index (κ1) is 19.1. The van der Waals surface area contributed by atoms with Gasteiger partial charge < -0.3 is 0 Å². The maximum atomic E-state index is 4.08. The van der Waals surface area contributed by atoms with E-state index in [0.717, 1.165) is 12.8 Å². The van der Waals surface area contributed by atoms with Crippen molar-refractivity contribution in [3.8, 4) is 11.3 Å². The van der Waals surface area contributed by atoms with E-state index < -0.39 is 0 Å². The maximum Gasteiger partial charge on any atom is 0.214 e. The first-order chi connectivity index (χ1) is 13.5. The molecule has 1 aliphatic heterocycles. The summed E-state index contributed by atoms with van der Waals surface area (Å²) in [4.78, 5) is 1.26. The number of fused-ring (bicyclic) bond motifs is 5. The number of hydrogen-bond donors (Lipinski definition) is 0. The van der Waals surface area contributed by atoms with E-state index in [9.17, 15) is 0 Å². The number of benzene rings is 1. The van der Waals surface area contributed by atoms with Gasteiger partial charge in [0.05, 0.1) is 11.0 Å². The zero-order valence-corrected chi connectivity index (χ0v) is 18.5. The van der Waals surface area contributed by atoms with E-state index in [1.54, 1.807) is 0 Å². The lowest BCUT2D eigenvalue weighted by Gasteiger charge is -2.46. The largest absolute Gasteiger partial charge is 0.214 e. The van der Waals surface area contributed by atoms with Crippen LogP contribution in [0.3, 0.4) is 0 Å². The molecule has 0 aliphatic carbocycles. The van der Waals surface area contributed by atoms with Gasteiger partial charge in [0.15, 0.2) is 11.7 Å². The molecule has 28 heavy (non-hydrogen) atoms. The summed E-state index contributed by atoms with van der Waals surface area (Å²) in [5, 5.41) is 1.34. The third-order valence-corrected chi connectivity index (χ3v) is 8.51. The normalized spacial score (nSPS) is 23.8. The summed E-state index contributed by atoms with van der Waals surface area (Å²) in [7, 11) is 0. The molecule has 3 aromatic rings. The molecule has 0 amide bonds. The van der Waals surface area contributed by atoms with E-state index in [1.165, 1.54) is 37.3 Å². The molecule has 3 heterocycles. The SMILES string of the molecule is C=Cc1sc2c3c(ccc2c1C=CC)C(C)(CC)C(C)(CC)[n+]1ccccc1-3. The summed E-state index contributed by atoms with van der Waals surface area (Å²) in [6.07, 6.45) is 10.8. The van der Waals surface area contributed by atoms with Crippen molar-refractivity contribution in [2.24, 2.45) is 0 Å². The van der Waals surface area contributed by atoms with Crippen LogP contribution in [-0.2, 0) is 11.0 Å². The van der Waals surface area contributed by atoms with Gasteiger partial charge >= 0.3 is 0 Å². The van der Waals surface area contributed by atoms with Gasteiger partial charge in [0.1, 0.15) is 0 Å². The Kier molecular flexibility index (Phi) is 4.58. The molecule has 0 N–H and O–H groups in total. The molecule has 2 heteroatoms. The Bertz CT molecular complexity index is 1100. The van der Waals surface area contributed by atoms with Crippen LogP contribution in [0.2, 0.25) is 0 Å². The van der Waals surface area contributed by atoms with E-state index in [0.29, 0.717) is 0 Å². The van der Waals surface area contributed by atoms with Crippen molar-refractivity contribution < 1.29 is 4.57 Å². The summed E-state index contributed by atoms with van der Waals surface area (Å²) in [5.74, 6) is 0. The minimum atomic E-state index is 0.0453. The lowest BCUT2D eigenvalue weighted by atomic mass is 9.60. The topological polar surface area (TPSA) is 3.88 Å². The monoisotopic (exact) mass is 388 g/mol. The molecule has 2 atom stereocenters. The average molecular weight is 389 g/mol. The zero-order chi connectivity index (χ0) is 20.1. The lowest BCUT2D eigenvalue weighted by molar-refractivity contribution is -0.765. The number of nitrogens with zero attached hydrogens (tertiary/aromatic N) is 1. The summed E-state index contributed by atoms with van der Waals surface area (Å²) in [5.41, 5.74) is 5.65. The summed E-state index contributed by atoms with van der Waals surface area (Å²) >= 11 is 1.88. The van der Waals surface area contributed by atoms with Crippen molar-refractivity contribution in [3.63, 3.8) is 0 Å². The van der Waals surface area contributed by atoms with Crippen molar-refractivity contribution in [1.82, 2.24) is 0 Å². The molecule has 1 aromatic carbocycles. The second kappa shape index (κ2) is 6.70. The Morgan fingerprint density at radius 1 is 1.11 bits per heavy atom. The molecule has 1 aliphatic rings. The minimum Gasteiger partial charge on any atom is -0.192 e. The Balaban J connectivity index is 2.20. The van der Waals surface area contributed by atoms with Crippen LogP contribution in [0.15, 0.2) is 49.2 Å². The maximum absolute atomic E-state index is 4.08. The molecule has 4 rings (SSSR count). The van der Waals surface area contributed by atoms with Gasteiger partial charge in [-0.1, -0.05) is 50.8 Å². The van der Waals surface area contributed by atoms with Gasteiger partial charge in [0, 0.05) is 40.4 Å². The molecule has 0 saturated heterocycles. The molecular weight excluding hydrogens is 358 g/mol. The minimum absolute atomic E-state index is 0.0453. The summed E-state index contributed by atoms with van der Waals surface area (Å²) < 4.78 is 3.93. The smallest absolute Gasteiger partial charge is 0.192 e. The molecule has 2 unspecified atom stereocenters. The van der Waals surface area contributed by atoms with Gasteiger partial charge in [-0.2, -0.15) is 4.57 Å². The van der Waals surface area contributed by atoms with Crippen molar-refractivity contribution in [3.05, 3.63) is 65.2 Å². The predicted octanol–water partition coefficient (Wildman–Crippen LogP) is 7.34. The second-order valence-electron chi connectivity index (χ2n) is 8.22. The molecule has 0 fully saturated rings. The van der Waals surface area contributed by atoms with Gasteiger partial charge in [-0.15, -0.1) is 11.3 Å². The average Bonchev–Trinajstić information content (AvgIpc) is 3.09. The third kappa shape index (κ3) is 2.27. The first-order valence-corrected chi connectivity index (χ1v) is 11.1. The molecule has 0 bridgehead atoms. The molecule has 2 aromatic heterocycles. The highest BCUT2D eigenvalue weighted by atomic mass is 32.1. The molecule has 0 saturated carbocycles. The van der Waals surface area contributed by atoms with Crippen LogP contribution in [0.1, 0.15) is 63.5 Å². The van der Waals surface area contributed by atoms with Crippen molar-refractivity contribution >= 4 is 33.6 Å². The van der Waals surface area contributed by atoms with Crippen LogP contribution in [0, 0.1) is 0 Å². The highest BCUT2D eigenvalue weighted by Gasteiger charge is 2.56. The standard InChI is InChI=1S/C26H30NS/c1-7-13-18-19-15-16-20-23(24(19)28-22(18)8-2)21-14-11-12-17-27(21)26(6,10-4)25(20,5)9-3/h7-8,11-17H,2,9-10H2,1,3-6H3/q+1. The number of thiophene rings is 1. The van der Waals surface area contributed by atoms with Crippen molar-refractivity contribution in [2.45, 2.75) is 58.4 Å². The van der Waals surface area contributed by atoms with Gasteiger partial charge in [-0.3, -0.25) is 0 Å². The fraction of sp³-hybridized carbons (Fsp3) is 0.346. The highest BCUT2D eigenvalue weighted by Crippen LogP contribution is 2.52. The van der Waals surface area contributed by atoms with Crippen LogP contribution in [0.4, 0.5) is 0 Å². The van der Waals surface area contributed by atoms with Crippen molar-refractivity contribution in [1.29, 1.82) is 0 Å². The number of hydrogen-bond acceptors (Lipinski definition) is 1. The fourth-order valence-corrected chi connectivity index (χ4v) is 6.36. The van der Waals surface area contributed by atoms with Crippen LogP contribution in [0.5, 0.6) is 0 Å². The predicted molar refractivity (Wildman–Crippen MR) is 124 cm³/mol. The van der Waals surface area contributed by atoms with Crippen molar-refractivity contribution in [2.75, 3.05) is 0 Å². The molecule has 0 radical (unpaired) electrons. The van der Waals surface area contributed by atoms with E-state index in [-0.39, 0.29) is 11.0 Å². The fourth-order valence-electron chi connectivity index (χ4n) is 5.17. The van der Waals surface area contributed by atoms with Gasteiger partial charge in [-0.25, -0.2) is 0 Å². The Hall–Kier alpha value is -2.19. The Labute approximate surface area is 173 Å². The molecule has 0 spiro atoms. The molecular formula is C26H30NS+. The Morgan fingerprint density at radius 3 is 2.54 bits per heavy atom. The molecule has 1 nitrogen and oxygen atoms in total. The lowest BCUT2D eigenvalue weighted by Crippen LogP contribution is -2.67. The van der Waals surface area contributed by atoms with E-state index >= 15 is 0 Å². The highest BCUT2D eigenvalue weighted by molar-refractivity contribution is 7.20. The second-order valence-corrected chi connectivity index (χ2v) is 9.27. The zero-order valence-electron chi connectivity index (χ0n) is 17.7. The third-order valence-electron chi connectivity index (χ3n) is 7.27. The number of aromatic nitrogens is 1. The van der Waals surface area contributed by atoms with Gasteiger partial charge in [0.2, 0.25) is 5.69 Å². The number of rotatable bonds is 4.